The summed E-state index contributed by atoms with van der Waals surface area (Å²) in [6.07, 6.45) is 0. The number of hydrogen-bond acceptors (Lipinski definition) is 2. The molecule has 100 valence electrons. The summed E-state index contributed by atoms with van der Waals surface area (Å²) >= 11 is 0. The molecule has 0 unspecified atom stereocenters. The molecule has 0 aliphatic rings. The third-order valence-corrected chi connectivity index (χ3v) is 3.60. The minimum absolute atomic E-state index is 0.0539. The van der Waals surface area contributed by atoms with Gasteiger partial charge in [0, 0.05) is 10.9 Å². The van der Waals surface area contributed by atoms with E-state index >= 15 is 0 Å². The molecular formula is C18H16O2. The number of carbonyl (C=O) groups excluding carboxylic acids is 1. The summed E-state index contributed by atoms with van der Waals surface area (Å²) < 4.78 is 5.76. The summed E-state index contributed by atoms with van der Waals surface area (Å²) in [6, 6.07) is 13.6. The van der Waals surface area contributed by atoms with Crippen LogP contribution in [-0.4, -0.2) is 5.78 Å². The number of ketones is 1. The van der Waals surface area contributed by atoms with Gasteiger partial charge >= 0.3 is 0 Å². The van der Waals surface area contributed by atoms with Crippen LogP contribution in [0.5, 0.6) is 0 Å². The Labute approximate surface area is 118 Å². The highest BCUT2D eigenvalue weighted by atomic mass is 16.3. The zero-order valence-corrected chi connectivity index (χ0v) is 11.9. The maximum absolute atomic E-state index is 12.6. The minimum atomic E-state index is -0.0539. The van der Waals surface area contributed by atoms with E-state index in [1.165, 1.54) is 0 Å². The average molecular weight is 264 g/mol. The predicted molar refractivity (Wildman–Crippen MR) is 80.3 cm³/mol. The summed E-state index contributed by atoms with van der Waals surface area (Å²) in [7, 11) is 0. The van der Waals surface area contributed by atoms with Crippen molar-refractivity contribution in [3.05, 3.63) is 70.5 Å². The van der Waals surface area contributed by atoms with Gasteiger partial charge in [0.25, 0.3) is 0 Å². The Hall–Kier alpha value is -2.35. The quantitative estimate of drug-likeness (QED) is 0.634. The van der Waals surface area contributed by atoms with Crippen molar-refractivity contribution in [1.82, 2.24) is 0 Å². The smallest absolute Gasteiger partial charge is 0.228 e. The first-order valence-electron chi connectivity index (χ1n) is 6.67. The van der Waals surface area contributed by atoms with E-state index in [-0.39, 0.29) is 5.78 Å². The fourth-order valence-electron chi connectivity index (χ4n) is 2.43. The lowest BCUT2D eigenvalue weighted by molar-refractivity contribution is 0.101. The summed E-state index contributed by atoms with van der Waals surface area (Å²) in [6.45, 7) is 5.91. The highest BCUT2D eigenvalue weighted by molar-refractivity contribution is 6.10. The Kier molecular flexibility index (Phi) is 2.94. The van der Waals surface area contributed by atoms with Crippen molar-refractivity contribution in [2.75, 3.05) is 0 Å². The lowest BCUT2D eigenvalue weighted by Crippen LogP contribution is -2.02. The van der Waals surface area contributed by atoms with Gasteiger partial charge in [-0.15, -0.1) is 0 Å². The van der Waals surface area contributed by atoms with Crippen molar-refractivity contribution in [3.8, 4) is 0 Å². The second kappa shape index (κ2) is 4.64. The maximum atomic E-state index is 12.6. The molecule has 0 aliphatic heterocycles. The summed E-state index contributed by atoms with van der Waals surface area (Å²) in [5.41, 5.74) is 4.59. The van der Waals surface area contributed by atoms with Gasteiger partial charge in [-0.2, -0.15) is 0 Å². The molecule has 0 saturated carbocycles. The van der Waals surface area contributed by atoms with Crippen molar-refractivity contribution in [3.63, 3.8) is 0 Å². The normalized spacial score (nSPS) is 10.9. The van der Waals surface area contributed by atoms with Gasteiger partial charge in [-0.3, -0.25) is 4.79 Å². The van der Waals surface area contributed by atoms with Crippen LogP contribution in [0.15, 0.2) is 46.9 Å². The molecule has 0 N–H and O–H groups in total. The first-order chi connectivity index (χ1) is 9.56. The van der Waals surface area contributed by atoms with Gasteiger partial charge in [-0.05, 0) is 44.0 Å². The van der Waals surface area contributed by atoms with E-state index in [1.807, 2.05) is 63.2 Å². The third-order valence-electron chi connectivity index (χ3n) is 3.60. The van der Waals surface area contributed by atoms with E-state index in [4.69, 9.17) is 4.42 Å². The Morgan fingerprint density at radius 1 is 0.950 bits per heavy atom. The summed E-state index contributed by atoms with van der Waals surface area (Å²) in [5, 5.41) is 0.971. The molecule has 1 heterocycles. The van der Waals surface area contributed by atoms with Crippen LogP contribution in [0, 0.1) is 20.8 Å². The lowest BCUT2D eigenvalue weighted by atomic mass is 10.0. The van der Waals surface area contributed by atoms with Crippen molar-refractivity contribution in [2.45, 2.75) is 20.8 Å². The molecule has 0 radical (unpaired) electrons. The fraction of sp³-hybridized carbons (Fsp3) is 0.167. The van der Waals surface area contributed by atoms with E-state index < -0.39 is 0 Å². The molecule has 2 aromatic carbocycles. The van der Waals surface area contributed by atoms with E-state index in [2.05, 4.69) is 0 Å². The molecule has 2 nitrogen and oxygen atoms in total. The number of furan rings is 1. The molecule has 1 aromatic heterocycles. The van der Waals surface area contributed by atoms with Gasteiger partial charge in [0.2, 0.25) is 5.78 Å². The van der Waals surface area contributed by atoms with Crippen LogP contribution >= 0.6 is 0 Å². The molecule has 0 aliphatic carbocycles. The topological polar surface area (TPSA) is 30.2 Å². The van der Waals surface area contributed by atoms with E-state index in [1.54, 1.807) is 0 Å². The molecule has 0 bridgehead atoms. The molecular weight excluding hydrogens is 248 g/mol. The van der Waals surface area contributed by atoms with Crippen molar-refractivity contribution in [2.24, 2.45) is 0 Å². The lowest BCUT2D eigenvalue weighted by Gasteiger charge is -2.04. The highest BCUT2D eigenvalue weighted by Crippen LogP contribution is 2.25. The van der Waals surface area contributed by atoms with Gasteiger partial charge in [0.15, 0.2) is 5.76 Å². The van der Waals surface area contributed by atoms with Gasteiger partial charge in [-0.25, -0.2) is 0 Å². The summed E-state index contributed by atoms with van der Waals surface area (Å²) in [4.78, 5) is 12.6. The predicted octanol–water partition coefficient (Wildman–Crippen LogP) is 4.59. The van der Waals surface area contributed by atoms with Crippen molar-refractivity contribution >= 4 is 16.8 Å². The maximum Gasteiger partial charge on any atom is 0.228 e. The minimum Gasteiger partial charge on any atom is -0.452 e. The fourth-order valence-corrected chi connectivity index (χ4v) is 2.43. The molecule has 3 aromatic rings. The molecule has 0 fully saturated rings. The van der Waals surface area contributed by atoms with Crippen LogP contribution in [0.25, 0.3) is 11.0 Å². The van der Waals surface area contributed by atoms with E-state index in [9.17, 15) is 4.79 Å². The number of fused-ring (bicyclic) bond motifs is 1. The first-order valence-corrected chi connectivity index (χ1v) is 6.67. The largest absolute Gasteiger partial charge is 0.452 e. The third kappa shape index (κ3) is 2.03. The van der Waals surface area contributed by atoms with Crippen LogP contribution < -0.4 is 0 Å². The van der Waals surface area contributed by atoms with Crippen LogP contribution in [0.1, 0.15) is 32.8 Å². The molecule has 0 atom stereocenters. The molecule has 0 amide bonds. The average Bonchev–Trinajstić information content (AvgIpc) is 2.86. The van der Waals surface area contributed by atoms with Crippen molar-refractivity contribution < 1.29 is 9.21 Å². The Balaban J connectivity index is 2.13. The number of rotatable bonds is 2. The van der Waals surface area contributed by atoms with Crippen molar-refractivity contribution in [1.29, 1.82) is 0 Å². The monoisotopic (exact) mass is 264 g/mol. The van der Waals surface area contributed by atoms with Crippen LogP contribution in [0.3, 0.4) is 0 Å². The van der Waals surface area contributed by atoms with Crippen LogP contribution in [-0.2, 0) is 0 Å². The second-order valence-corrected chi connectivity index (χ2v) is 5.25. The Morgan fingerprint density at radius 2 is 1.75 bits per heavy atom. The number of hydrogen-bond donors (Lipinski definition) is 0. The number of para-hydroxylation sites is 1. The molecule has 20 heavy (non-hydrogen) atoms. The standard InChI is InChI=1S/C18H16O2/c1-11-7-8-12(2)15(9-11)17(19)16-10-14-6-4-5-13(3)18(14)20-16/h4-10H,1-3H3. The Bertz CT molecular complexity index is 809. The first kappa shape index (κ1) is 12.7. The Morgan fingerprint density at radius 3 is 2.50 bits per heavy atom. The second-order valence-electron chi connectivity index (χ2n) is 5.25. The number of carbonyl (C=O) groups is 1. The summed E-state index contributed by atoms with van der Waals surface area (Å²) in [5.74, 6) is 0.352. The molecule has 0 saturated heterocycles. The van der Waals surface area contributed by atoms with E-state index in [0.29, 0.717) is 11.3 Å². The van der Waals surface area contributed by atoms with Crippen LogP contribution in [0.4, 0.5) is 0 Å². The SMILES string of the molecule is Cc1ccc(C)c(C(=O)c2cc3cccc(C)c3o2)c1. The molecule has 0 spiro atoms. The molecule has 3 rings (SSSR count). The number of aryl methyl sites for hydroxylation is 3. The van der Waals surface area contributed by atoms with Crippen LogP contribution in [0.2, 0.25) is 0 Å². The zero-order chi connectivity index (χ0) is 14.3. The zero-order valence-electron chi connectivity index (χ0n) is 11.9. The van der Waals surface area contributed by atoms with E-state index in [0.717, 1.165) is 27.7 Å². The highest BCUT2D eigenvalue weighted by Gasteiger charge is 2.17. The van der Waals surface area contributed by atoms with Gasteiger partial charge in [-0.1, -0.05) is 35.9 Å². The molecule has 2 heteroatoms. The number of benzene rings is 2. The van der Waals surface area contributed by atoms with Gasteiger partial charge in [0.1, 0.15) is 5.58 Å². The van der Waals surface area contributed by atoms with Gasteiger partial charge < -0.3 is 4.42 Å². The van der Waals surface area contributed by atoms with Gasteiger partial charge in [0.05, 0.1) is 0 Å².